The number of nitrogens with one attached hydrogen (secondary N) is 1. The number of amides is 1. The van der Waals surface area contributed by atoms with Gasteiger partial charge in [-0.2, -0.15) is 0 Å². The van der Waals surface area contributed by atoms with Gasteiger partial charge in [0, 0.05) is 23.3 Å². The van der Waals surface area contributed by atoms with Gasteiger partial charge in [-0.3, -0.25) is 4.79 Å². The average molecular weight is 420 g/mol. The first-order valence-corrected chi connectivity index (χ1v) is 9.89. The van der Waals surface area contributed by atoms with Crippen LogP contribution in [-0.2, 0) is 35.6 Å². The molecule has 0 fully saturated rings. The number of carbonyl (C=O) groups is 1. The standard InChI is InChI=1S/C19H18ClN3O4S/c1-23-12-21-10-19(23)27-11-14-6-7-15(9-17(14)28(25)26)22-18(24)8-13-4-2-3-5-16(13)20/h2-7,9-10,12,28H,8,11H2,1H3,(H,22,24). The molecule has 0 atom stereocenters. The van der Waals surface area contributed by atoms with Gasteiger partial charge in [0.25, 0.3) is 0 Å². The van der Waals surface area contributed by atoms with Crippen molar-refractivity contribution in [3.8, 4) is 5.88 Å². The monoisotopic (exact) mass is 419 g/mol. The molecule has 2 aromatic carbocycles. The molecule has 0 saturated carbocycles. The van der Waals surface area contributed by atoms with Gasteiger partial charge in [-0.05, 0) is 23.8 Å². The summed E-state index contributed by atoms with van der Waals surface area (Å²) < 4.78 is 30.6. The van der Waals surface area contributed by atoms with Gasteiger partial charge in [0.2, 0.25) is 11.8 Å². The van der Waals surface area contributed by atoms with Gasteiger partial charge in [-0.25, -0.2) is 13.4 Å². The molecule has 0 radical (unpaired) electrons. The molecule has 1 aromatic heterocycles. The van der Waals surface area contributed by atoms with Crippen LogP contribution in [0.15, 0.2) is 59.9 Å². The van der Waals surface area contributed by atoms with Crippen LogP contribution in [0, 0.1) is 0 Å². The minimum Gasteiger partial charge on any atom is -0.473 e. The number of benzene rings is 2. The lowest BCUT2D eigenvalue weighted by Gasteiger charge is -2.11. The molecule has 1 amide bonds. The maximum Gasteiger partial charge on any atom is 0.228 e. The SMILES string of the molecule is Cn1cncc1OCc1ccc(NC(=O)Cc2ccccc2Cl)cc1[SH](=O)=O. The molecule has 0 unspecified atom stereocenters. The van der Waals surface area contributed by atoms with Crippen molar-refractivity contribution in [2.75, 3.05) is 5.32 Å². The summed E-state index contributed by atoms with van der Waals surface area (Å²) in [5.74, 6) is 0.225. The molecule has 1 heterocycles. The van der Waals surface area contributed by atoms with Gasteiger partial charge < -0.3 is 14.6 Å². The number of aromatic nitrogens is 2. The van der Waals surface area contributed by atoms with Crippen molar-refractivity contribution in [2.24, 2.45) is 7.05 Å². The molecule has 0 saturated heterocycles. The molecule has 0 aliphatic heterocycles. The first-order chi connectivity index (χ1) is 13.4. The van der Waals surface area contributed by atoms with E-state index in [9.17, 15) is 13.2 Å². The Morgan fingerprint density at radius 1 is 1.21 bits per heavy atom. The quantitative estimate of drug-likeness (QED) is 0.575. The summed E-state index contributed by atoms with van der Waals surface area (Å²) in [6, 6.07) is 11.7. The Morgan fingerprint density at radius 2 is 2.00 bits per heavy atom. The lowest BCUT2D eigenvalue weighted by atomic mass is 10.1. The molecule has 1 N–H and O–H groups in total. The molecule has 0 spiro atoms. The van der Waals surface area contributed by atoms with E-state index < -0.39 is 10.7 Å². The Morgan fingerprint density at radius 3 is 2.68 bits per heavy atom. The molecular formula is C19H18ClN3O4S. The largest absolute Gasteiger partial charge is 0.473 e. The van der Waals surface area contributed by atoms with Gasteiger partial charge in [-0.1, -0.05) is 35.9 Å². The Kier molecular flexibility index (Phi) is 6.33. The third-order valence-corrected chi connectivity index (χ3v) is 5.20. The van der Waals surface area contributed by atoms with Crippen LogP contribution in [0.4, 0.5) is 5.69 Å². The van der Waals surface area contributed by atoms with Crippen LogP contribution in [0.25, 0.3) is 0 Å². The van der Waals surface area contributed by atoms with Crippen LogP contribution in [0.3, 0.4) is 0 Å². The maximum absolute atomic E-state index is 12.3. The molecule has 146 valence electrons. The molecule has 0 aliphatic rings. The van der Waals surface area contributed by atoms with Crippen molar-refractivity contribution >= 4 is 33.9 Å². The predicted molar refractivity (Wildman–Crippen MR) is 106 cm³/mol. The molecule has 9 heteroatoms. The normalized spacial score (nSPS) is 10.8. The van der Waals surface area contributed by atoms with Crippen molar-refractivity contribution in [3.05, 3.63) is 71.1 Å². The Hall–Kier alpha value is -2.84. The molecule has 3 aromatic rings. The predicted octanol–water partition coefficient (Wildman–Crippen LogP) is 2.80. The Labute approximate surface area is 168 Å². The van der Waals surface area contributed by atoms with E-state index in [-0.39, 0.29) is 23.8 Å². The van der Waals surface area contributed by atoms with Crippen LogP contribution in [0.2, 0.25) is 5.02 Å². The van der Waals surface area contributed by atoms with E-state index in [1.54, 1.807) is 60.5 Å². The smallest absolute Gasteiger partial charge is 0.228 e. The number of imidazole rings is 1. The van der Waals surface area contributed by atoms with Crippen molar-refractivity contribution in [1.82, 2.24) is 9.55 Å². The van der Waals surface area contributed by atoms with Gasteiger partial charge in [0.15, 0.2) is 10.7 Å². The van der Waals surface area contributed by atoms with Crippen LogP contribution in [-0.4, -0.2) is 23.9 Å². The number of aryl methyl sites for hydroxylation is 1. The maximum atomic E-state index is 12.3. The van der Waals surface area contributed by atoms with Crippen LogP contribution < -0.4 is 10.1 Å². The third-order valence-electron chi connectivity index (χ3n) is 4.02. The topological polar surface area (TPSA) is 90.3 Å². The molecular weight excluding hydrogens is 402 g/mol. The van der Waals surface area contributed by atoms with E-state index in [0.717, 1.165) is 0 Å². The lowest BCUT2D eigenvalue weighted by molar-refractivity contribution is -0.115. The second kappa shape index (κ2) is 8.90. The fraction of sp³-hybridized carbons (Fsp3) is 0.158. The number of hydrogen-bond acceptors (Lipinski definition) is 5. The zero-order valence-electron chi connectivity index (χ0n) is 15.0. The van der Waals surface area contributed by atoms with Crippen LogP contribution in [0.5, 0.6) is 5.88 Å². The highest BCUT2D eigenvalue weighted by molar-refractivity contribution is 7.72. The van der Waals surface area contributed by atoms with E-state index in [4.69, 9.17) is 16.3 Å². The number of nitrogens with zero attached hydrogens (tertiary/aromatic N) is 2. The first kappa shape index (κ1) is 19.9. The fourth-order valence-corrected chi connectivity index (χ4v) is 3.41. The molecule has 7 nitrogen and oxygen atoms in total. The van der Waals surface area contributed by atoms with E-state index in [1.165, 1.54) is 6.07 Å². The van der Waals surface area contributed by atoms with Crippen LogP contribution >= 0.6 is 11.6 Å². The third kappa shape index (κ3) is 4.90. The zero-order valence-corrected chi connectivity index (χ0v) is 16.6. The second-order valence-corrected chi connectivity index (χ2v) is 7.45. The highest BCUT2D eigenvalue weighted by Gasteiger charge is 2.12. The highest BCUT2D eigenvalue weighted by Crippen LogP contribution is 2.21. The Bertz CT molecular complexity index is 1070. The molecule has 3 rings (SSSR count). The van der Waals surface area contributed by atoms with E-state index in [2.05, 4.69) is 10.3 Å². The number of rotatable bonds is 7. The number of ether oxygens (including phenoxy) is 1. The van der Waals surface area contributed by atoms with E-state index in [1.807, 2.05) is 0 Å². The minimum atomic E-state index is -2.86. The highest BCUT2D eigenvalue weighted by atomic mass is 35.5. The summed E-state index contributed by atoms with van der Waals surface area (Å²) in [7, 11) is -1.09. The first-order valence-electron chi connectivity index (χ1n) is 8.33. The number of anilines is 1. The van der Waals surface area contributed by atoms with Crippen molar-refractivity contribution in [1.29, 1.82) is 0 Å². The van der Waals surface area contributed by atoms with Gasteiger partial charge in [0.1, 0.15) is 6.61 Å². The molecule has 28 heavy (non-hydrogen) atoms. The minimum absolute atomic E-state index is 0.0615. The summed E-state index contributed by atoms with van der Waals surface area (Å²) >= 11 is 6.07. The van der Waals surface area contributed by atoms with Crippen LogP contribution in [0.1, 0.15) is 11.1 Å². The number of thiol groups is 1. The second-order valence-electron chi connectivity index (χ2n) is 6.05. The van der Waals surface area contributed by atoms with E-state index >= 15 is 0 Å². The summed E-state index contributed by atoms with van der Waals surface area (Å²) in [6.07, 6.45) is 3.21. The van der Waals surface area contributed by atoms with Gasteiger partial charge in [0.05, 0.1) is 23.8 Å². The van der Waals surface area contributed by atoms with Crippen molar-refractivity contribution < 1.29 is 17.9 Å². The summed E-state index contributed by atoms with van der Waals surface area (Å²) in [5, 5.41) is 3.20. The number of carbonyl (C=O) groups excluding carboxylic acids is 1. The van der Waals surface area contributed by atoms with Crippen molar-refractivity contribution in [2.45, 2.75) is 17.9 Å². The van der Waals surface area contributed by atoms with E-state index in [0.29, 0.717) is 27.7 Å². The summed E-state index contributed by atoms with van der Waals surface area (Å²) in [5.41, 5.74) is 1.56. The average Bonchev–Trinajstić information content (AvgIpc) is 3.07. The Balaban J connectivity index is 1.72. The van der Waals surface area contributed by atoms with Gasteiger partial charge >= 0.3 is 0 Å². The lowest BCUT2D eigenvalue weighted by Crippen LogP contribution is -2.15. The zero-order chi connectivity index (χ0) is 20.1. The summed E-state index contributed by atoms with van der Waals surface area (Å²) in [4.78, 5) is 16.3. The van der Waals surface area contributed by atoms with Gasteiger partial charge in [-0.15, -0.1) is 0 Å². The molecule has 0 aliphatic carbocycles. The molecule has 0 bridgehead atoms. The fourth-order valence-electron chi connectivity index (χ4n) is 2.59. The summed E-state index contributed by atoms with van der Waals surface area (Å²) in [6.45, 7) is 0.0615. The van der Waals surface area contributed by atoms with Crippen molar-refractivity contribution in [3.63, 3.8) is 0 Å². The number of halogens is 1. The number of hydrogen-bond donors (Lipinski definition) is 2.